The van der Waals surface area contributed by atoms with Crippen LogP contribution < -0.4 is 4.72 Å². The Labute approximate surface area is 124 Å². The van der Waals surface area contributed by atoms with Crippen molar-refractivity contribution in [3.8, 4) is 0 Å². The quantitative estimate of drug-likeness (QED) is 0.856. The lowest BCUT2D eigenvalue weighted by atomic mass is 10.2. The maximum absolute atomic E-state index is 12.4. The number of hydrogen-bond acceptors (Lipinski definition) is 5. The minimum atomic E-state index is -3.58. The number of aryl methyl sites for hydroxylation is 2. The molecule has 0 fully saturated rings. The average molecular weight is 309 g/mol. The molecule has 1 N–H and O–H groups in total. The van der Waals surface area contributed by atoms with Crippen LogP contribution in [0.15, 0.2) is 29.7 Å². The van der Waals surface area contributed by atoms with Gasteiger partial charge in [-0.05, 0) is 20.8 Å². The van der Waals surface area contributed by atoms with Gasteiger partial charge in [0.05, 0.1) is 11.4 Å². The van der Waals surface area contributed by atoms with E-state index in [1.807, 2.05) is 6.92 Å². The lowest BCUT2D eigenvalue weighted by molar-refractivity contribution is 0.557. The molecule has 2 heterocycles. The lowest BCUT2D eigenvalue weighted by Crippen LogP contribution is -2.34. The van der Waals surface area contributed by atoms with Crippen LogP contribution in [0.2, 0.25) is 0 Å². The van der Waals surface area contributed by atoms with Crippen molar-refractivity contribution in [3.63, 3.8) is 0 Å². The number of nitrogens with one attached hydrogen (secondary N) is 1. The second-order valence-corrected chi connectivity index (χ2v) is 6.54. The van der Waals surface area contributed by atoms with E-state index in [-0.39, 0.29) is 10.9 Å². The van der Waals surface area contributed by atoms with Gasteiger partial charge in [0, 0.05) is 43.8 Å². The fraction of sp³-hybridized carbons (Fsp3) is 0.462. The van der Waals surface area contributed by atoms with Gasteiger partial charge in [-0.3, -0.25) is 14.6 Å². The summed E-state index contributed by atoms with van der Waals surface area (Å²) in [5.74, 6) is 0. The average Bonchev–Trinajstić information content (AvgIpc) is 2.81. The van der Waals surface area contributed by atoms with Gasteiger partial charge in [0.15, 0.2) is 0 Å². The van der Waals surface area contributed by atoms with Crippen LogP contribution in [0.25, 0.3) is 0 Å². The Morgan fingerprint density at radius 1 is 1.38 bits per heavy atom. The van der Waals surface area contributed by atoms with E-state index in [1.165, 1.54) is 0 Å². The summed E-state index contributed by atoms with van der Waals surface area (Å²) in [6, 6.07) is -0.281. The van der Waals surface area contributed by atoms with Crippen molar-refractivity contribution in [1.82, 2.24) is 24.5 Å². The number of nitrogens with zero attached hydrogens (tertiary/aromatic N) is 4. The third-order valence-electron chi connectivity index (χ3n) is 3.00. The van der Waals surface area contributed by atoms with E-state index in [2.05, 4.69) is 19.8 Å². The maximum Gasteiger partial charge on any atom is 0.244 e. The van der Waals surface area contributed by atoms with E-state index in [4.69, 9.17) is 0 Å². The highest BCUT2D eigenvalue weighted by atomic mass is 32.2. The highest BCUT2D eigenvalue weighted by molar-refractivity contribution is 7.89. The molecule has 21 heavy (non-hydrogen) atoms. The van der Waals surface area contributed by atoms with Gasteiger partial charge in [-0.1, -0.05) is 0 Å². The predicted molar refractivity (Wildman–Crippen MR) is 78.2 cm³/mol. The molecule has 0 saturated carbocycles. The first kappa shape index (κ1) is 15.6. The maximum atomic E-state index is 12.4. The van der Waals surface area contributed by atoms with Crippen molar-refractivity contribution in [2.24, 2.45) is 0 Å². The van der Waals surface area contributed by atoms with Crippen LogP contribution in [0.1, 0.15) is 25.2 Å². The molecule has 0 spiro atoms. The fourth-order valence-electron chi connectivity index (χ4n) is 2.04. The van der Waals surface area contributed by atoms with Crippen molar-refractivity contribution in [2.75, 3.05) is 0 Å². The molecule has 2 rings (SSSR count). The SMILES string of the molecule is CCn1cc(S(=O)(=O)NC(C)Cc2cnccn2)c(C)n1. The summed E-state index contributed by atoms with van der Waals surface area (Å²) in [7, 11) is -3.58. The summed E-state index contributed by atoms with van der Waals surface area (Å²) in [5.41, 5.74) is 1.24. The zero-order chi connectivity index (χ0) is 15.5. The topological polar surface area (TPSA) is 89.8 Å². The van der Waals surface area contributed by atoms with E-state index in [0.29, 0.717) is 18.7 Å². The first-order valence-electron chi connectivity index (χ1n) is 6.73. The highest BCUT2D eigenvalue weighted by Gasteiger charge is 2.22. The normalized spacial score (nSPS) is 13.3. The third-order valence-corrected chi connectivity index (χ3v) is 4.70. The van der Waals surface area contributed by atoms with Gasteiger partial charge in [-0.2, -0.15) is 5.10 Å². The van der Waals surface area contributed by atoms with Crippen LogP contribution in [0, 0.1) is 6.92 Å². The van der Waals surface area contributed by atoms with Crippen LogP contribution >= 0.6 is 0 Å². The molecule has 0 aliphatic heterocycles. The summed E-state index contributed by atoms with van der Waals surface area (Å²) in [5, 5.41) is 4.16. The summed E-state index contributed by atoms with van der Waals surface area (Å²) in [6.07, 6.45) is 6.83. The molecule has 114 valence electrons. The monoisotopic (exact) mass is 309 g/mol. The van der Waals surface area contributed by atoms with Gasteiger partial charge < -0.3 is 0 Å². The van der Waals surface area contributed by atoms with E-state index < -0.39 is 10.0 Å². The summed E-state index contributed by atoms with van der Waals surface area (Å²) < 4.78 is 29.0. The molecular formula is C13H19N5O2S. The lowest BCUT2D eigenvalue weighted by Gasteiger charge is -2.13. The standard InChI is InChI=1S/C13H19N5O2S/c1-4-18-9-13(11(3)16-18)21(19,20)17-10(2)7-12-8-14-5-6-15-12/h5-6,8-10,17H,4,7H2,1-3H3. The molecule has 2 aromatic rings. The van der Waals surface area contributed by atoms with Crippen LogP contribution in [0.3, 0.4) is 0 Å². The van der Waals surface area contributed by atoms with Crippen molar-refractivity contribution >= 4 is 10.0 Å². The second kappa shape index (κ2) is 6.31. The molecule has 7 nitrogen and oxygen atoms in total. The Kier molecular flexibility index (Phi) is 4.69. The van der Waals surface area contributed by atoms with Crippen LogP contribution in [0.5, 0.6) is 0 Å². The van der Waals surface area contributed by atoms with E-state index in [1.54, 1.807) is 43.3 Å². The Morgan fingerprint density at radius 2 is 2.14 bits per heavy atom. The predicted octanol–water partition coefficient (Wildman–Crippen LogP) is 0.911. The van der Waals surface area contributed by atoms with E-state index >= 15 is 0 Å². The number of hydrogen-bond donors (Lipinski definition) is 1. The molecule has 2 aromatic heterocycles. The van der Waals surface area contributed by atoms with Crippen LogP contribution in [-0.2, 0) is 23.0 Å². The van der Waals surface area contributed by atoms with Crippen LogP contribution in [-0.4, -0.2) is 34.2 Å². The first-order chi connectivity index (χ1) is 9.92. The van der Waals surface area contributed by atoms with E-state index in [0.717, 1.165) is 5.69 Å². The first-order valence-corrected chi connectivity index (χ1v) is 8.22. The summed E-state index contributed by atoms with van der Waals surface area (Å²) in [6.45, 7) is 6.03. The molecular weight excluding hydrogens is 290 g/mol. The largest absolute Gasteiger partial charge is 0.271 e. The Hall–Kier alpha value is -1.80. The molecule has 1 atom stereocenters. The summed E-state index contributed by atoms with van der Waals surface area (Å²) in [4.78, 5) is 8.33. The minimum Gasteiger partial charge on any atom is -0.271 e. The molecule has 0 aromatic carbocycles. The van der Waals surface area contributed by atoms with Gasteiger partial charge >= 0.3 is 0 Å². The highest BCUT2D eigenvalue weighted by Crippen LogP contribution is 2.14. The van der Waals surface area contributed by atoms with Gasteiger partial charge in [0.1, 0.15) is 4.90 Å². The number of sulfonamides is 1. The van der Waals surface area contributed by atoms with Gasteiger partial charge in [0.2, 0.25) is 10.0 Å². The molecule has 0 aliphatic rings. The third kappa shape index (κ3) is 3.85. The summed E-state index contributed by atoms with van der Waals surface area (Å²) >= 11 is 0. The molecule has 8 heteroatoms. The zero-order valence-corrected chi connectivity index (χ0v) is 13.1. The van der Waals surface area contributed by atoms with Crippen molar-refractivity contribution in [2.45, 2.75) is 44.7 Å². The molecule has 0 bridgehead atoms. The van der Waals surface area contributed by atoms with Crippen molar-refractivity contribution in [1.29, 1.82) is 0 Å². The Bertz CT molecular complexity index is 697. The second-order valence-electron chi connectivity index (χ2n) is 4.86. The van der Waals surface area contributed by atoms with Gasteiger partial charge in [-0.15, -0.1) is 0 Å². The van der Waals surface area contributed by atoms with Crippen molar-refractivity contribution < 1.29 is 8.42 Å². The zero-order valence-electron chi connectivity index (χ0n) is 12.3. The van der Waals surface area contributed by atoms with Gasteiger partial charge in [0.25, 0.3) is 0 Å². The molecule has 0 radical (unpaired) electrons. The minimum absolute atomic E-state index is 0.218. The molecule has 1 unspecified atom stereocenters. The number of aromatic nitrogens is 4. The molecule has 0 saturated heterocycles. The van der Waals surface area contributed by atoms with Gasteiger partial charge in [-0.25, -0.2) is 13.1 Å². The molecule has 0 aliphatic carbocycles. The van der Waals surface area contributed by atoms with Crippen molar-refractivity contribution in [3.05, 3.63) is 36.2 Å². The number of rotatable bonds is 6. The van der Waals surface area contributed by atoms with E-state index in [9.17, 15) is 8.42 Å². The fourth-order valence-corrected chi connectivity index (χ4v) is 3.47. The smallest absolute Gasteiger partial charge is 0.244 e. The Balaban J connectivity index is 2.11. The molecule has 0 amide bonds. The Morgan fingerprint density at radius 3 is 2.71 bits per heavy atom. The van der Waals surface area contributed by atoms with Crippen LogP contribution in [0.4, 0.5) is 0 Å².